The van der Waals surface area contributed by atoms with Crippen LogP contribution in [0.4, 0.5) is 5.69 Å². The van der Waals surface area contributed by atoms with E-state index in [1.165, 1.54) is 4.90 Å². The van der Waals surface area contributed by atoms with Gasteiger partial charge in [0.05, 0.1) is 0 Å². The molecule has 0 heterocycles. The van der Waals surface area contributed by atoms with Crippen LogP contribution in [0.15, 0.2) is 78.9 Å². The quantitative estimate of drug-likeness (QED) is 0.657. The van der Waals surface area contributed by atoms with Gasteiger partial charge in [-0.2, -0.15) is 0 Å². The van der Waals surface area contributed by atoms with Crippen molar-refractivity contribution in [3.05, 3.63) is 84.4 Å². The minimum Gasteiger partial charge on any atom is -0.484 e. The van der Waals surface area contributed by atoms with Gasteiger partial charge in [0.1, 0.15) is 17.2 Å². The first-order chi connectivity index (χ1) is 14.0. The topological polar surface area (TPSA) is 67.9 Å². The first-order valence-electron chi connectivity index (χ1n) is 9.08. The van der Waals surface area contributed by atoms with E-state index in [9.17, 15) is 9.59 Å². The van der Waals surface area contributed by atoms with Crippen molar-refractivity contribution in [1.82, 2.24) is 4.90 Å². The highest BCUT2D eigenvalue weighted by atomic mass is 16.5. The van der Waals surface area contributed by atoms with Gasteiger partial charge in [-0.3, -0.25) is 9.59 Å². The lowest BCUT2D eigenvalue weighted by atomic mass is 10.2. The Morgan fingerprint density at radius 2 is 1.38 bits per heavy atom. The highest BCUT2D eigenvalue weighted by Gasteiger charge is 2.08. The molecule has 2 amide bonds. The third kappa shape index (κ3) is 5.84. The summed E-state index contributed by atoms with van der Waals surface area (Å²) in [5.41, 5.74) is 1.15. The van der Waals surface area contributed by atoms with Crippen molar-refractivity contribution in [3.8, 4) is 17.2 Å². The average Bonchev–Trinajstić information content (AvgIpc) is 2.74. The molecule has 0 saturated carbocycles. The molecule has 1 N–H and O–H groups in total. The van der Waals surface area contributed by atoms with Crippen LogP contribution < -0.4 is 14.8 Å². The minimum atomic E-state index is -0.229. The third-order valence-electron chi connectivity index (χ3n) is 4.07. The van der Waals surface area contributed by atoms with Crippen LogP contribution in [-0.2, 0) is 4.79 Å². The first kappa shape index (κ1) is 19.9. The number of anilines is 1. The van der Waals surface area contributed by atoms with E-state index in [1.807, 2.05) is 30.3 Å². The Morgan fingerprint density at radius 3 is 2.00 bits per heavy atom. The van der Waals surface area contributed by atoms with Crippen LogP contribution in [0.2, 0.25) is 0 Å². The van der Waals surface area contributed by atoms with Gasteiger partial charge < -0.3 is 19.7 Å². The molecule has 0 bridgehead atoms. The van der Waals surface area contributed by atoms with E-state index in [1.54, 1.807) is 62.6 Å². The highest BCUT2D eigenvalue weighted by molar-refractivity contribution is 6.04. The fourth-order valence-corrected chi connectivity index (χ4v) is 2.41. The summed E-state index contributed by atoms with van der Waals surface area (Å²) in [5, 5.41) is 2.83. The molecule has 0 radical (unpaired) electrons. The zero-order chi connectivity index (χ0) is 20.6. The van der Waals surface area contributed by atoms with Gasteiger partial charge in [-0.1, -0.05) is 18.2 Å². The lowest BCUT2D eigenvalue weighted by Gasteiger charge is -2.12. The number of hydrogen-bond acceptors (Lipinski definition) is 4. The number of ether oxygens (including phenoxy) is 2. The molecule has 3 aromatic carbocycles. The van der Waals surface area contributed by atoms with Gasteiger partial charge in [0.2, 0.25) is 0 Å². The van der Waals surface area contributed by atoms with Crippen LogP contribution in [0.1, 0.15) is 10.4 Å². The van der Waals surface area contributed by atoms with Crippen LogP contribution in [0.25, 0.3) is 0 Å². The van der Waals surface area contributed by atoms with Crippen molar-refractivity contribution in [2.75, 3.05) is 26.0 Å². The Balaban J connectivity index is 1.55. The molecule has 29 heavy (non-hydrogen) atoms. The zero-order valence-electron chi connectivity index (χ0n) is 16.3. The molecule has 0 aliphatic carbocycles. The predicted molar refractivity (Wildman–Crippen MR) is 112 cm³/mol. The van der Waals surface area contributed by atoms with Crippen LogP contribution in [0.3, 0.4) is 0 Å². The number of rotatable bonds is 7. The maximum Gasteiger partial charge on any atom is 0.259 e. The molecule has 6 nitrogen and oxygen atoms in total. The predicted octanol–water partition coefficient (Wildman–Crippen LogP) is 4.20. The van der Waals surface area contributed by atoms with Crippen molar-refractivity contribution in [2.24, 2.45) is 0 Å². The number of carbonyl (C=O) groups is 2. The Hall–Kier alpha value is -3.80. The van der Waals surface area contributed by atoms with E-state index in [4.69, 9.17) is 9.47 Å². The van der Waals surface area contributed by atoms with Crippen LogP contribution in [0, 0.1) is 0 Å². The number of carbonyl (C=O) groups excluding carboxylic acids is 2. The molecular weight excluding hydrogens is 368 g/mol. The Bertz CT molecular complexity index is 952. The van der Waals surface area contributed by atoms with Gasteiger partial charge in [-0.05, 0) is 60.7 Å². The molecule has 0 fully saturated rings. The summed E-state index contributed by atoms with van der Waals surface area (Å²) in [7, 11) is 3.34. The minimum absolute atomic E-state index is 0.0316. The summed E-state index contributed by atoms with van der Waals surface area (Å²) in [6.07, 6.45) is 0. The normalized spacial score (nSPS) is 10.1. The SMILES string of the molecule is CN(C)C(=O)COc1ccc(NC(=O)c2ccc(Oc3ccccc3)cc2)cc1. The highest BCUT2D eigenvalue weighted by Crippen LogP contribution is 2.22. The van der Waals surface area contributed by atoms with Crippen molar-refractivity contribution in [3.63, 3.8) is 0 Å². The third-order valence-corrected chi connectivity index (χ3v) is 4.07. The molecule has 0 aliphatic heterocycles. The van der Waals surface area contributed by atoms with Crippen molar-refractivity contribution in [1.29, 1.82) is 0 Å². The monoisotopic (exact) mass is 390 g/mol. The Morgan fingerprint density at radius 1 is 0.793 bits per heavy atom. The molecule has 0 atom stereocenters. The summed E-state index contributed by atoms with van der Waals surface area (Å²) in [6, 6.07) is 23.2. The van der Waals surface area contributed by atoms with E-state index < -0.39 is 0 Å². The second-order valence-corrected chi connectivity index (χ2v) is 6.49. The largest absolute Gasteiger partial charge is 0.484 e. The summed E-state index contributed by atoms with van der Waals surface area (Å²) in [5.74, 6) is 1.59. The number of benzene rings is 3. The molecule has 3 aromatic rings. The molecular formula is C23H22N2O4. The number of likely N-dealkylation sites (N-methyl/N-ethyl adjacent to an activating group) is 1. The van der Waals surface area contributed by atoms with Gasteiger partial charge in [0, 0.05) is 25.3 Å². The lowest BCUT2D eigenvalue weighted by molar-refractivity contribution is -0.130. The van der Waals surface area contributed by atoms with Gasteiger partial charge in [-0.25, -0.2) is 0 Å². The van der Waals surface area contributed by atoms with E-state index in [0.29, 0.717) is 22.7 Å². The number of nitrogens with one attached hydrogen (secondary N) is 1. The number of amides is 2. The number of para-hydroxylation sites is 1. The van der Waals surface area contributed by atoms with Crippen LogP contribution >= 0.6 is 0 Å². The van der Waals surface area contributed by atoms with Crippen molar-refractivity contribution in [2.45, 2.75) is 0 Å². The molecule has 0 aliphatic rings. The summed E-state index contributed by atoms with van der Waals surface area (Å²) >= 11 is 0. The van der Waals surface area contributed by atoms with Crippen molar-refractivity contribution >= 4 is 17.5 Å². The van der Waals surface area contributed by atoms with E-state index >= 15 is 0 Å². The average molecular weight is 390 g/mol. The van der Waals surface area contributed by atoms with Gasteiger partial charge in [0.25, 0.3) is 11.8 Å². The molecule has 0 spiro atoms. The van der Waals surface area contributed by atoms with Gasteiger partial charge >= 0.3 is 0 Å². The van der Waals surface area contributed by atoms with Crippen LogP contribution in [0.5, 0.6) is 17.2 Å². The van der Waals surface area contributed by atoms with Crippen molar-refractivity contribution < 1.29 is 19.1 Å². The summed E-state index contributed by atoms with van der Waals surface area (Å²) in [4.78, 5) is 25.4. The van der Waals surface area contributed by atoms with Crippen LogP contribution in [-0.4, -0.2) is 37.4 Å². The second-order valence-electron chi connectivity index (χ2n) is 6.49. The van der Waals surface area contributed by atoms with E-state index in [-0.39, 0.29) is 18.4 Å². The molecule has 148 valence electrons. The first-order valence-corrected chi connectivity index (χ1v) is 9.08. The molecule has 0 saturated heterocycles. The smallest absolute Gasteiger partial charge is 0.259 e. The maximum atomic E-state index is 12.4. The molecule has 0 unspecified atom stereocenters. The fraction of sp³-hybridized carbons (Fsp3) is 0.130. The lowest BCUT2D eigenvalue weighted by Crippen LogP contribution is -2.27. The Kier molecular flexibility index (Phi) is 6.47. The number of nitrogens with zero attached hydrogens (tertiary/aromatic N) is 1. The molecule has 0 aromatic heterocycles. The fourth-order valence-electron chi connectivity index (χ4n) is 2.41. The van der Waals surface area contributed by atoms with Gasteiger partial charge in [-0.15, -0.1) is 0 Å². The standard InChI is InChI=1S/C23H22N2O4/c1-25(2)22(26)16-28-19-14-10-18(11-15-19)24-23(27)17-8-12-21(13-9-17)29-20-6-4-3-5-7-20/h3-15H,16H2,1-2H3,(H,24,27). The van der Waals surface area contributed by atoms with Gasteiger partial charge in [0.15, 0.2) is 6.61 Å². The Labute approximate surface area is 169 Å². The van der Waals surface area contributed by atoms with E-state index in [0.717, 1.165) is 5.75 Å². The summed E-state index contributed by atoms with van der Waals surface area (Å²) in [6.45, 7) is -0.0316. The molecule has 6 heteroatoms. The zero-order valence-corrected chi connectivity index (χ0v) is 16.3. The number of hydrogen-bond donors (Lipinski definition) is 1. The second kappa shape index (κ2) is 9.41. The maximum absolute atomic E-state index is 12.4. The molecule has 3 rings (SSSR count). The van der Waals surface area contributed by atoms with E-state index in [2.05, 4.69) is 5.32 Å². The summed E-state index contributed by atoms with van der Waals surface area (Å²) < 4.78 is 11.1.